The van der Waals surface area contributed by atoms with Crippen LogP contribution in [0.15, 0.2) is 0 Å². The molecule has 1 atom stereocenters. The monoisotopic (exact) mass is 296 g/mol. The van der Waals surface area contributed by atoms with Crippen molar-refractivity contribution in [3.63, 3.8) is 0 Å². The minimum atomic E-state index is 0.337. The fraction of sp³-hybridized carbons (Fsp3) is 1.00. The molecular weight excluding hydrogens is 256 g/mol. The largest absolute Gasteiger partial charge is 0.308 e. The molecule has 1 aliphatic heterocycles. The molecule has 21 heavy (non-hydrogen) atoms. The van der Waals surface area contributed by atoms with Gasteiger partial charge in [0, 0.05) is 31.2 Å². The van der Waals surface area contributed by atoms with Gasteiger partial charge in [-0.15, -0.1) is 0 Å². The van der Waals surface area contributed by atoms with Gasteiger partial charge in [0.2, 0.25) is 0 Å². The molecule has 0 aromatic rings. The third-order valence-electron chi connectivity index (χ3n) is 5.94. The van der Waals surface area contributed by atoms with Crippen LogP contribution in [0.5, 0.6) is 0 Å². The van der Waals surface area contributed by atoms with Gasteiger partial charge in [-0.25, -0.2) is 0 Å². The zero-order valence-electron chi connectivity index (χ0n) is 15.9. The number of hydrogen-bond acceptors (Lipinski definition) is 2. The van der Waals surface area contributed by atoms with Gasteiger partial charge >= 0.3 is 0 Å². The van der Waals surface area contributed by atoms with Gasteiger partial charge in [-0.2, -0.15) is 0 Å². The van der Waals surface area contributed by atoms with Gasteiger partial charge in [0.15, 0.2) is 0 Å². The molecule has 0 amide bonds. The molecule has 1 aliphatic rings. The SMILES string of the molecule is CCC1(CC)CN(CC(C(C)C)C(C)C)C(C(C)C)CN1. The van der Waals surface area contributed by atoms with E-state index in [0.717, 1.165) is 30.2 Å². The van der Waals surface area contributed by atoms with E-state index in [0.29, 0.717) is 11.6 Å². The standard InChI is InChI=1S/C19H40N2/c1-9-19(10-2)13-21(18(11-20-19)16(7)8)12-17(14(3)4)15(5)6/h14-18,20H,9-13H2,1-8H3. The smallest absolute Gasteiger partial charge is 0.0304 e. The Bertz CT molecular complexity index is 284. The summed E-state index contributed by atoms with van der Waals surface area (Å²) in [7, 11) is 0. The van der Waals surface area contributed by atoms with Crippen LogP contribution in [0, 0.1) is 23.7 Å². The van der Waals surface area contributed by atoms with Crippen LogP contribution >= 0.6 is 0 Å². The predicted octanol–water partition coefficient (Wildman–Crippen LogP) is 4.40. The lowest BCUT2D eigenvalue weighted by Crippen LogP contribution is -2.65. The van der Waals surface area contributed by atoms with Crippen molar-refractivity contribution in [1.82, 2.24) is 10.2 Å². The molecule has 126 valence electrons. The maximum Gasteiger partial charge on any atom is 0.0304 e. The molecule has 1 unspecified atom stereocenters. The van der Waals surface area contributed by atoms with E-state index in [1.807, 2.05) is 0 Å². The van der Waals surface area contributed by atoms with E-state index in [1.54, 1.807) is 0 Å². The van der Waals surface area contributed by atoms with Crippen LogP contribution in [0.1, 0.15) is 68.2 Å². The molecule has 2 heteroatoms. The summed E-state index contributed by atoms with van der Waals surface area (Å²) >= 11 is 0. The lowest BCUT2D eigenvalue weighted by atomic mass is 9.81. The number of nitrogens with zero attached hydrogens (tertiary/aromatic N) is 1. The summed E-state index contributed by atoms with van der Waals surface area (Å²) in [6, 6.07) is 0.691. The van der Waals surface area contributed by atoms with Crippen molar-refractivity contribution in [3.8, 4) is 0 Å². The van der Waals surface area contributed by atoms with Crippen LogP contribution in [-0.4, -0.2) is 36.1 Å². The van der Waals surface area contributed by atoms with Crippen LogP contribution in [0.25, 0.3) is 0 Å². The Balaban J connectivity index is 2.89. The van der Waals surface area contributed by atoms with Gasteiger partial charge in [0.25, 0.3) is 0 Å². The Hall–Kier alpha value is -0.0800. The fourth-order valence-corrected chi connectivity index (χ4v) is 4.06. The van der Waals surface area contributed by atoms with Crippen LogP contribution in [0.4, 0.5) is 0 Å². The molecule has 0 aromatic heterocycles. The van der Waals surface area contributed by atoms with Gasteiger partial charge in [-0.05, 0) is 36.5 Å². The van der Waals surface area contributed by atoms with Crippen molar-refractivity contribution in [2.24, 2.45) is 23.7 Å². The van der Waals surface area contributed by atoms with Crippen molar-refractivity contribution >= 4 is 0 Å². The first-order chi connectivity index (χ1) is 9.76. The maximum absolute atomic E-state index is 3.88. The Morgan fingerprint density at radius 3 is 1.90 bits per heavy atom. The molecule has 0 spiro atoms. The quantitative estimate of drug-likeness (QED) is 0.749. The van der Waals surface area contributed by atoms with Gasteiger partial charge in [-0.3, -0.25) is 4.90 Å². The lowest BCUT2D eigenvalue weighted by Gasteiger charge is -2.50. The number of hydrogen-bond donors (Lipinski definition) is 1. The molecule has 1 rings (SSSR count). The van der Waals surface area contributed by atoms with E-state index in [9.17, 15) is 0 Å². The van der Waals surface area contributed by atoms with Gasteiger partial charge < -0.3 is 5.32 Å². The Morgan fingerprint density at radius 1 is 1.00 bits per heavy atom. The van der Waals surface area contributed by atoms with E-state index in [4.69, 9.17) is 0 Å². The van der Waals surface area contributed by atoms with Crippen LogP contribution in [0.2, 0.25) is 0 Å². The first-order valence-electron chi connectivity index (χ1n) is 9.25. The second-order valence-corrected chi connectivity index (χ2v) is 8.26. The number of nitrogens with one attached hydrogen (secondary N) is 1. The van der Waals surface area contributed by atoms with E-state index in [1.165, 1.54) is 25.9 Å². The summed E-state index contributed by atoms with van der Waals surface area (Å²) in [4.78, 5) is 2.82. The highest BCUT2D eigenvalue weighted by molar-refractivity contribution is 4.98. The van der Waals surface area contributed by atoms with Crippen LogP contribution in [-0.2, 0) is 0 Å². The minimum absolute atomic E-state index is 0.337. The predicted molar refractivity (Wildman–Crippen MR) is 94.7 cm³/mol. The summed E-state index contributed by atoms with van der Waals surface area (Å²) in [5, 5.41) is 3.88. The van der Waals surface area contributed by atoms with Crippen LogP contribution in [0.3, 0.4) is 0 Å². The van der Waals surface area contributed by atoms with Gasteiger partial charge in [-0.1, -0.05) is 55.4 Å². The van der Waals surface area contributed by atoms with Crippen molar-refractivity contribution in [2.75, 3.05) is 19.6 Å². The van der Waals surface area contributed by atoms with E-state index < -0.39 is 0 Å². The molecule has 0 aromatic carbocycles. The Labute approximate surface area is 134 Å². The summed E-state index contributed by atoms with van der Waals surface area (Å²) < 4.78 is 0. The van der Waals surface area contributed by atoms with E-state index in [2.05, 4.69) is 65.6 Å². The Morgan fingerprint density at radius 2 is 1.52 bits per heavy atom. The fourth-order valence-electron chi connectivity index (χ4n) is 4.06. The molecule has 0 aliphatic carbocycles. The zero-order valence-corrected chi connectivity index (χ0v) is 15.9. The third kappa shape index (κ3) is 4.69. The second kappa shape index (κ2) is 7.97. The summed E-state index contributed by atoms with van der Waals surface area (Å²) in [5.41, 5.74) is 0.337. The summed E-state index contributed by atoms with van der Waals surface area (Å²) in [6.45, 7) is 22.7. The van der Waals surface area contributed by atoms with Gasteiger partial charge in [0.1, 0.15) is 0 Å². The molecule has 1 heterocycles. The van der Waals surface area contributed by atoms with Crippen molar-refractivity contribution in [3.05, 3.63) is 0 Å². The highest BCUT2D eigenvalue weighted by atomic mass is 15.3. The minimum Gasteiger partial charge on any atom is -0.308 e. The molecule has 1 fully saturated rings. The van der Waals surface area contributed by atoms with Crippen molar-refractivity contribution in [2.45, 2.75) is 79.8 Å². The molecule has 1 saturated heterocycles. The second-order valence-electron chi connectivity index (χ2n) is 8.26. The average Bonchev–Trinajstić information content (AvgIpc) is 2.43. The summed E-state index contributed by atoms with van der Waals surface area (Å²) in [5.74, 6) is 3.07. The molecule has 0 bridgehead atoms. The zero-order chi connectivity index (χ0) is 16.2. The topological polar surface area (TPSA) is 15.3 Å². The van der Waals surface area contributed by atoms with E-state index >= 15 is 0 Å². The maximum atomic E-state index is 3.88. The molecule has 2 nitrogen and oxygen atoms in total. The van der Waals surface area contributed by atoms with Crippen LogP contribution < -0.4 is 5.32 Å². The lowest BCUT2D eigenvalue weighted by molar-refractivity contribution is 0.0248. The Kier molecular flexibility index (Phi) is 7.19. The van der Waals surface area contributed by atoms with Crippen molar-refractivity contribution < 1.29 is 0 Å². The average molecular weight is 297 g/mol. The number of piperazine rings is 1. The van der Waals surface area contributed by atoms with Gasteiger partial charge in [0.05, 0.1) is 0 Å². The normalized spacial score (nSPS) is 23.7. The molecule has 0 radical (unpaired) electrons. The van der Waals surface area contributed by atoms with E-state index in [-0.39, 0.29) is 0 Å². The first-order valence-corrected chi connectivity index (χ1v) is 9.25. The third-order valence-corrected chi connectivity index (χ3v) is 5.94. The highest BCUT2D eigenvalue weighted by Gasteiger charge is 2.38. The first kappa shape index (κ1) is 19.0. The summed E-state index contributed by atoms with van der Waals surface area (Å²) in [6.07, 6.45) is 2.47. The molecular formula is C19H40N2. The molecule has 0 saturated carbocycles. The molecule has 1 N–H and O–H groups in total. The van der Waals surface area contributed by atoms with Crippen molar-refractivity contribution in [1.29, 1.82) is 0 Å². The number of rotatable bonds is 7. The highest BCUT2D eigenvalue weighted by Crippen LogP contribution is 2.29.